The van der Waals surface area contributed by atoms with Crippen molar-refractivity contribution in [3.8, 4) is 0 Å². The molecule has 4 heteroatoms. The van der Waals surface area contributed by atoms with E-state index in [1.54, 1.807) is 0 Å². The number of rotatable bonds is 5. The van der Waals surface area contributed by atoms with Crippen LogP contribution in [0.1, 0.15) is 12.8 Å². The zero-order valence-corrected chi connectivity index (χ0v) is 14.2. The Morgan fingerprint density at radius 3 is 2.38 bits per heavy atom. The second-order valence-electron chi connectivity index (χ2n) is 6.56. The average molecular weight is 318 g/mol. The van der Waals surface area contributed by atoms with Crippen molar-refractivity contribution in [1.29, 1.82) is 0 Å². The van der Waals surface area contributed by atoms with Gasteiger partial charge in [-0.25, -0.2) is 9.97 Å². The number of unbranched alkanes of at least 4 members (excludes halogenated alkanes) is 1. The first-order chi connectivity index (χ1) is 11.7. The van der Waals surface area contributed by atoms with E-state index in [-0.39, 0.29) is 0 Å². The first-order valence-electron chi connectivity index (χ1n) is 8.52. The van der Waals surface area contributed by atoms with Gasteiger partial charge in [-0.05, 0) is 51.7 Å². The summed E-state index contributed by atoms with van der Waals surface area (Å²) in [5.41, 5.74) is 5.16. The predicted octanol–water partition coefficient (Wildman–Crippen LogP) is 4.08. The van der Waals surface area contributed by atoms with Crippen molar-refractivity contribution in [1.82, 2.24) is 19.4 Å². The zero-order chi connectivity index (χ0) is 16.5. The van der Waals surface area contributed by atoms with Gasteiger partial charge in [0.15, 0.2) is 5.65 Å². The van der Waals surface area contributed by atoms with E-state index in [1.165, 1.54) is 17.3 Å². The van der Waals surface area contributed by atoms with Gasteiger partial charge in [-0.3, -0.25) is 0 Å². The summed E-state index contributed by atoms with van der Waals surface area (Å²) >= 11 is 0. The average Bonchev–Trinajstić information content (AvgIpc) is 2.90. The molecule has 0 amide bonds. The maximum Gasteiger partial charge on any atom is 0.160 e. The minimum absolute atomic E-state index is 0.959. The van der Waals surface area contributed by atoms with Crippen LogP contribution in [0.25, 0.3) is 33.1 Å². The Labute approximate surface area is 141 Å². The maximum absolute atomic E-state index is 4.92. The molecule has 0 radical (unpaired) electrons. The zero-order valence-electron chi connectivity index (χ0n) is 14.2. The van der Waals surface area contributed by atoms with Crippen molar-refractivity contribution in [3.63, 3.8) is 0 Å². The SMILES string of the molecule is CN(C)CCCCn1c2ccccc2c2nc3ccccc3nc21. The molecule has 2 aromatic carbocycles. The van der Waals surface area contributed by atoms with Crippen molar-refractivity contribution in [2.45, 2.75) is 19.4 Å². The second kappa shape index (κ2) is 6.21. The highest BCUT2D eigenvalue weighted by molar-refractivity contribution is 6.06. The lowest BCUT2D eigenvalue weighted by molar-refractivity contribution is 0.389. The molecule has 4 rings (SSSR count). The fourth-order valence-corrected chi connectivity index (χ4v) is 3.31. The molecule has 0 aliphatic carbocycles. The molecule has 0 aliphatic heterocycles. The van der Waals surface area contributed by atoms with Crippen molar-refractivity contribution >= 4 is 33.1 Å². The standard InChI is InChI=1S/C20H22N4/c1-23(2)13-7-8-14-24-18-12-6-3-9-15(18)19-20(24)22-17-11-5-4-10-16(17)21-19/h3-6,9-12H,7-8,13-14H2,1-2H3. The number of fused-ring (bicyclic) bond motifs is 4. The summed E-state index contributed by atoms with van der Waals surface area (Å²) in [7, 11) is 4.25. The van der Waals surface area contributed by atoms with Crippen LogP contribution in [0.15, 0.2) is 48.5 Å². The predicted molar refractivity (Wildman–Crippen MR) is 100 cm³/mol. The van der Waals surface area contributed by atoms with Crippen LogP contribution in [0.2, 0.25) is 0 Å². The summed E-state index contributed by atoms with van der Waals surface area (Å²) in [5.74, 6) is 0. The molecular weight excluding hydrogens is 296 g/mol. The lowest BCUT2D eigenvalue weighted by Crippen LogP contribution is -2.13. The molecular formula is C20H22N4. The van der Waals surface area contributed by atoms with Crippen LogP contribution in [0, 0.1) is 0 Å². The lowest BCUT2D eigenvalue weighted by Gasteiger charge is -2.10. The van der Waals surface area contributed by atoms with Crippen LogP contribution in [0.5, 0.6) is 0 Å². The molecule has 0 fully saturated rings. The van der Waals surface area contributed by atoms with Crippen LogP contribution in [-0.4, -0.2) is 40.1 Å². The highest BCUT2D eigenvalue weighted by Crippen LogP contribution is 2.28. The summed E-state index contributed by atoms with van der Waals surface area (Å²) in [6, 6.07) is 16.6. The highest BCUT2D eigenvalue weighted by atomic mass is 15.1. The Balaban J connectivity index is 1.84. The van der Waals surface area contributed by atoms with E-state index >= 15 is 0 Å². The Morgan fingerprint density at radius 1 is 0.875 bits per heavy atom. The molecule has 2 aromatic heterocycles. The van der Waals surface area contributed by atoms with E-state index in [0.717, 1.165) is 41.7 Å². The number of hydrogen-bond donors (Lipinski definition) is 0. The van der Waals surface area contributed by atoms with Crippen molar-refractivity contribution in [2.24, 2.45) is 0 Å². The molecule has 0 atom stereocenters. The summed E-state index contributed by atoms with van der Waals surface area (Å²) in [5, 5.41) is 1.19. The molecule has 0 N–H and O–H groups in total. The molecule has 0 bridgehead atoms. The van der Waals surface area contributed by atoms with Gasteiger partial charge in [0.25, 0.3) is 0 Å². The first-order valence-corrected chi connectivity index (χ1v) is 8.52. The van der Waals surface area contributed by atoms with Crippen LogP contribution >= 0.6 is 0 Å². The van der Waals surface area contributed by atoms with Crippen LogP contribution in [-0.2, 0) is 6.54 Å². The third-order valence-corrected chi connectivity index (χ3v) is 4.49. The van der Waals surface area contributed by atoms with Gasteiger partial charge >= 0.3 is 0 Å². The van der Waals surface area contributed by atoms with Gasteiger partial charge in [0.2, 0.25) is 0 Å². The molecule has 0 aliphatic rings. The Hall–Kier alpha value is -2.46. The minimum atomic E-state index is 0.959. The minimum Gasteiger partial charge on any atom is -0.324 e. The summed E-state index contributed by atoms with van der Waals surface area (Å²) in [4.78, 5) is 12.0. The van der Waals surface area contributed by atoms with E-state index in [4.69, 9.17) is 9.97 Å². The Bertz CT molecular complexity index is 1000. The number of aryl methyl sites for hydroxylation is 1. The normalized spacial score (nSPS) is 12.0. The van der Waals surface area contributed by atoms with Crippen LogP contribution < -0.4 is 0 Å². The van der Waals surface area contributed by atoms with Gasteiger partial charge in [0, 0.05) is 11.9 Å². The lowest BCUT2D eigenvalue weighted by atomic mass is 10.2. The van der Waals surface area contributed by atoms with Crippen molar-refractivity contribution in [2.75, 3.05) is 20.6 Å². The number of aromatic nitrogens is 3. The quantitative estimate of drug-likeness (QED) is 0.520. The molecule has 122 valence electrons. The van der Waals surface area contributed by atoms with Gasteiger partial charge in [-0.15, -0.1) is 0 Å². The fraction of sp³-hybridized carbons (Fsp3) is 0.300. The monoisotopic (exact) mass is 318 g/mol. The van der Waals surface area contributed by atoms with E-state index in [1.807, 2.05) is 24.3 Å². The molecule has 0 spiro atoms. The molecule has 0 saturated carbocycles. The fourth-order valence-electron chi connectivity index (χ4n) is 3.31. The van der Waals surface area contributed by atoms with E-state index in [0.29, 0.717) is 0 Å². The summed E-state index contributed by atoms with van der Waals surface area (Å²) in [6.45, 7) is 2.09. The third kappa shape index (κ3) is 2.63. The molecule has 24 heavy (non-hydrogen) atoms. The Kier molecular flexibility index (Phi) is 3.90. The largest absolute Gasteiger partial charge is 0.324 e. The van der Waals surface area contributed by atoms with E-state index in [2.05, 4.69) is 47.8 Å². The summed E-state index contributed by atoms with van der Waals surface area (Å²) in [6.07, 6.45) is 2.32. The van der Waals surface area contributed by atoms with Gasteiger partial charge in [0.05, 0.1) is 16.6 Å². The number of nitrogens with zero attached hydrogens (tertiary/aromatic N) is 4. The van der Waals surface area contributed by atoms with Crippen molar-refractivity contribution in [3.05, 3.63) is 48.5 Å². The van der Waals surface area contributed by atoms with Gasteiger partial charge in [0.1, 0.15) is 5.52 Å². The van der Waals surface area contributed by atoms with Crippen molar-refractivity contribution < 1.29 is 0 Å². The van der Waals surface area contributed by atoms with E-state index in [9.17, 15) is 0 Å². The highest BCUT2D eigenvalue weighted by Gasteiger charge is 2.13. The number of hydrogen-bond acceptors (Lipinski definition) is 3. The molecule has 2 heterocycles. The second-order valence-corrected chi connectivity index (χ2v) is 6.56. The third-order valence-electron chi connectivity index (χ3n) is 4.49. The maximum atomic E-state index is 4.92. The summed E-state index contributed by atoms with van der Waals surface area (Å²) < 4.78 is 2.33. The molecule has 4 aromatic rings. The molecule has 0 unspecified atom stereocenters. The molecule has 0 saturated heterocycles. The van der Waals surface area contributed by atoms with Gasteiger partial charge < -0.3 is 9.47 Å². The van der Waals surface area contributed by atoms with Gasteiger partial charge in [-0.2, -0.15) is 0 Å². The first kappa shape index (κ1) is 15.1. The topological polar surface area (TPSA) is 34.0 Å². The number of benzene rings is 2. The Morgan fingerprint density at radius 2 is 1.58 bits per heavy atom. The number of para-hydroxylation sites is 3. The van der Waals surface area contributed by atoms with Crippen LogP contribution in [0.3, 0.4) is 0 Å². The van der Waals surface area contributed by atoms with E-state index < -0.39 is 0 Å². The molecule has 4 nitrogen and oxygen atoms in total. The smallest absolute Gasteiger partial charge is 0.160 e. The van der Waals surface area contributed by atoms with Gasteiger partial charge in [-0.1, -0.05) is 30.3 Å². The van der Waals surface area contributed by atoms with Crippen LogP contribution in [0.4, 0.5) is 0 Å².